The van der Waals surface area contributed by atoms with E-state index in [0.29, 0.717) is 48.5 Å². The molecule has 168 valence electrons. The van der Waals surface area contributed by atoms with Gasteiger partial charge in [-0.3, -0.25) is 14.6 Å². The van der Waals surface area contributed by atoms with Crippen LogP contribution >= 0.6 is 0 Å². The Balaban J connectivity index is 1.54. The number of hydrogen-bond donors (Lipinski definition) is 3. The van der Waals surface area contributed by atoms with Crippen molar-refractivity contribution in [1.29, 1.82) is 0 Å². The standard InChI is InChI=1S/C23H32N4O4/c1-23(2,3)17(15-8-13-27(14-9-15)22(30)31)5-4-10-25-18-19(21(29)20(18)28)26-16-6-11-24-12-7-16/h6-7,11-12,15,17,25H,4-5,8-10,13-14H2,1-3H3,(H,24,26)(H,30,31). The number of amides is 1. The van der Waals surface area contributed by atoms with Crippen LogP contribution in [0.1, 0.15) is 46.5 Å². The molecule has 1 saturated heterocycles. The lowest BCUT2D eigenvalue weighted by Crippen LogP contribution is -2.41. The van der Waals surface area contributed by atoms with Gasteiger partial charge in [0.15, 0.2) is 0 Å². The minimum absolute atomic E-state index is 0.117. The zero-order chi connectivity index (χ0) is 22.6. The van der Waals surface area contributed by atoms with Crippen LogP contribution in [0.3, 0.4) is 0 Å². The largest absolute Gasteiger partial charge is 0.465 e. The van der Waals surface area contributed by atoms with Gasteiger partial charge in [-0.25, -0.2) is 4.79 Å². The molecule has 1 unspecified atom stereocenters. The first-order valence-corrected chi connectivity index (χ1v) is 10.9. The van der Waals surface area contributed by atoms with Crippen molar-refractivity contribution in [3.8, 4) is 0 Å². The summed E-state index contributed by atoms with van der Waals surface area (Å²) in [6.45, 7) is 8.51. The lowest BCUT2D eigenvalue weighted by Gasteiger charge is -2.41. The number of aromatic nitrogens is 1. The molecule has 0 aliphatic carbocycles. The van der Waals surface area contributed by atoms with E-state index in [1.165, 1.54) is 4.90 Å². The third-order valence-corrected chi connectivity index (χ3v) is 6.35. The van der Waals surface area contributed by atoms with E-state index in [-0.39, 0.29) is 5.41 Å². The average molecular weight is 429 g/mol. The SMILES string of the molecule is CC(C)(C)C(CCCNc1c(Nc2ccncc2)c(=O)c1=O)C1CCN(C(=O)O)CC1. The van der Waals surface area contributed by atoms with Gasteiger partial charge in [0.25, 0.3) is 10.9 Å². The molecule has 1 aliphatic rings. The molecule has 2 heterocycles. The van der Waals surface area contributed by atoms with Gasteiger partial charge < -0.3 is 20.6 Å². The molecular weight excluding hydrogens is 396 g/mol. The number of rotatable bonds is 8. The fourth-order valence-electron chi connectivity index (χ4n) is 4.66. The molecule has 1 aromatic heterocycles. The normalized spacial score (nSPS) is 16.3. The van der Waals surface area contributed by atoms with E-state index in [1.807, 2.05) is 0 Å². The second-order valence-corrected chi connectivity index (χ2v) is 9.42. The van der Waals surface area contributed by atoms with Crippen LogP contribution in [0.5, 0.6) is 0 Å². The number of pyridine rings is 1. The molecule has 1 fully saturated rings. The Morgan fingerprint density at radius 2 is 1.77 bits per heavy atom. The Morgan fingerprint density at radius 3 is 2.35 bits per heavy atom. The second-order valence-electron chi connectivity index (χ2n) is 9.42. The van der Waals surface area contributed by atoms with Gasteiger partial charge in [0, 0.05) is 37.7 Å². The summed E-state index contributed by atoms with van der Waals surface area (Å²) in [4.78, 5) is 40.6. The zero-order valence-electron chi connectivity index (χ0n) is 18.5. The quantitative estimate of drug-likeness (QED) is 0.434. The predicted molar refractivity (Wildman–Crippen MR) is 122 cm³/mol. The number of anilines is 3. The summed E-state index contributed by atoms with van der Waals surface area (Å²) in [6.07, 6.45) is 6.03. The van der Waals surface area contributed by atoms with E-state index in [2.05, 4.69) is 36.4 Å². The first-order chi connectivity index (χ1) is 14.7. The van der Waals surface area contributed by atoms with Crippen LogP contribution in [-0.4, -0.2) is 40.7 Å². The van der Waals surface area contributed by atoms with Crippen molar-refractivity contribution in [3.63, 3.8) is 0 Å². The average Bonchev–Trinajstić information content (AvgIpc) is 2.74. The number of likely N-dealkylation sites (tertiary alicyclic amines) is 1. The maximum absolute atomic E-state index is 12.0. The molecule has 1 aromatic carbocycles. The molecular formula is C23H32N4O4. The topological polar surface area (TPSA) is 112 Å². The highest BCUT2D eigenvalue weighted by Gasteiger charge is 2.34. The number of carboxylic acid groups (broad SMARTS) is 1. The molecule has 1 aliphatic heterocycles. The van der Waals surface area contributed by atoms with E-state index in [4.69, 9.17) is 0 Å². The molecule has 3 rings (SSSR count). The molecule has 3 N–H and O–H groups in total. The molecule has 8 nitrogen and oxygen atoms in total. The van der Waals surface area contributed by atoms with Crippen molar-refractivity contribution >= 4 is 23.2 Å². The van der Waals surface area contributed by atoms with Crippen LogP contribution in [0.2, 0.25) is 0 Å². The highest BCUT2D eigenvalue weighted by molar-refractivity contribution is 5.78. The molecule has 8 heteroatoms. The number of carbonyl (C=O) groups is 1. The summed E-state index contributed by atoms with van der Waals surface area (Å²) in [5.41, 5.74) is 0.507. The Bertz CT molecular complexity index is 952. The van der Waals surface area contributed by atoms with E-state index < -0.39 is 17.0 Å². The Kier molecular flexibility index (Phi) is 6.97. The van der Waals surface area contributed by atoms with Gasteiger partial charge in [-0.15, -0.1) is 0 Å². The first kappa shape index (κ1) is 22.8. The number of piperidine rings is 1. The van der Waals surface area contributed by atoms with Crippen molar-refractivity contribution < 1.29 is 9.90 Å². The first-order valence-electron chi connectivity index (χ1n) is 10.9. The Hall–Kier alpha value is -2.90. The van der Waals surface area contributed by atoms with E-state index >= 15 is 0 Å². The van der Waals surface area contributed by atoms with Gasteiger partial charge in [0.1, 0.15) is 11.4 Å². The van der Waals surface area contributed by atoms with Gasteiger partial charge in [-0.1, -0.05) is 20.8 Å². The lowest BCUT2D eigenvalue weighted by molar-refractivity contribution is 0.0747. The van der Waals surface area contributed by atoms with Crippen molar-refractivity contribution in [2.24, 2.45) is 17.3 Å². The number of nitrogens with one attached hydrogen (secondary N) is 2. The third kappa shape index (κ3) is 5.42. The highest BCUT2D eigenvalue weighted by atomic mass is 16.4. The third-order valence-electron chi connectivity index (χ3n) is 6.35. The monoisotopic (exact) mass is 428 g/mol. The maximum atomic E-state index is 12.0. The van der Waals surface area contributed by atoms with Gasteiger partial charge in [-0.2, -0.15) is 0 Å². The summed E-state index contributed by atoms with van der Waals surface area (Å²) in [6, 6.07) is 3.48. The maximum Gasteiger partial charge on any atom is 0.407 e. The van der Waals surface area contributed by atoms with E-state index in [1.54, 1.807) is 24.5 Å². The van der Waals surface area contributed by atoms with Gasteiger partial charge in [0.2, 0.25) is 0 Å². The molecule has 0 bridgehead atoms. The molecule has 1 atom stereocenters. The van der Waals surface area contributed by atoms with Gasteiger partial charge >= 0.3 is 6.09 Å². The van der Waals surface area contributed by atoms with Crippen molar-refractivity contribution in [3.05, 3.63) is 45.0 Å². The molecule has 2 aromatic rings. The lowest BCUT2D eigenvalue weighted by atomic mass is 9.68. The fourth-order valence-corrected chi connectivity index (χ4v) is 4.66. The Morgan fingerprint density at radius 1 is 1.16 bits per heavy atom. The molecule has 0 spiro atoms. The Labute approximate surface area is 182 Å². The summed E-state index contributed by atoms with van der Waals surface area (Å²) in [7, 11) is 0. The molecule has 31 heavy (non-hydrogen) atoms. The zero-order valence-corrected chi connectivity index (χ0v) is 18.5. The summed E-state index contributed by atoms with van der Waals surface area (Å²) >= 11 is 0. The fraction of sp³-hybridized carbons (Fsp3) is 0.565. The second kappa shape index (κ2) is 9.49. The number of nitrogens with zero attached hydrogens (tertiary/aromatic N) is 2. The minimum Gasteiger partial charge on any atom is -0.465 e. The van der Waals surface area contributed by atoms with Crippen LogP contribution in [0.4, 0.5) is 21.9 Å². The van der Waals surface area contributed by atoms with E-state index in [9.17, 15) is 19.5 Å². The molecule has 0 radical (unpaired) electrons. The van der Waals surface area contributed by atoms with Crippen LogP contribution in [0, 0.1) is 17.3 Å². The van der Waals surface area contributed by atoms with Gasteiger partial charge in [-0.05, 0) is 55.1 Å². The van der Waals surface area contributed by atoms with Crippen LogP contribution < -0.4 is 21.5 Å². The summed E-state index contributed by atoms with van der Waals surface area (Å²) in [5.74, 6) is 0.956. The van der Waals surface area contributed by atoms with Crippen LogP contribution in [-0.2, 0) is 0 Å². The summed E-state index contributed by atoms with van der Waals surface area (Å²) < 4.78 is 0. The van der Waals surface area contributed by atoms with Gasteiger partial charge in [0.05, 0.1) is 0 Å². The van der Waals surface area contributed by atoms with E-state index in [0.717, 1.165) is 25.7 Å². The van der Waals surface area contributed by atoms with Crippen molar-refractivity contribution in [2.75, 3.05) is 30.3 Å². The summed E-state index contributed by atoms with van der Waals surface area (Å²) in [5, 5.41) is 15.3. The van der Waals surface area contributed by atoms with Crippen LogP contribution in [0.15, 0.2) is 34.1 Å². The number of hydrogen-bond acceptors (Lipinski definition) is 6. The van der Waals surface area contributed by atoms with Crippen LogP contribution in [0.25, 0.3) is 0 Å². The smallest absolute Gasteiger partial charge is 0.407 e. The van der Waals surface area contributed by atoms with Crippen molar-refractivity contribution in [2.45, 2.75) is 46.5 Å². The predicted octanol–water partition coefficient (Wildman–Crippen LogP) is 3.67. The highest BCUT2D eigenvalue weighted by Crippen LogP contribution is 2.40. The molecule has 1 amide bonds. The minimum atomic E-state index is -0.834. The van der Waals surface area contributed by atoms with Crippen molar-refractivity contribution in [1.82, 2.24) is 9.88 Å². The molecule has 0 saturated carbocycles.